The monoisotopic (exact) mass is 369 g/mol. The molecule has 1 N–H and O–H groups in total. The van der Waals surface area contributed by atoms with Crippen molar-refractivity contribution in [1.29, 1.82) is 0 Å². The number of hydrogen-bond donors (Lipinski definition) is 1. The highest BCUT2D eigenvalue weighted by Crippen LogP contribution is 2.32. The van der Waals surface area contributed by atoms with Gasteiger partial charge in [0.25, 0.3) is 0 Å². The van der Waals surface area contributed by atoms with Gasteiger partial charge in [0.2, 0.25) is 0 Å². The van der Waals surface area contributed by atoms with Gasteiger partial charge in [0.05, 0.1) is 11.8 Å². The molecule has 0 unspecified atom stereocenters. The maximum Gasteiger partial charge on any atom is 0.338 e. The minimum Gasteiger partial charge on any atom is -0.336 e. The molecule has 4 heteroatoms. The number of rotatable bonds is 5. The molecule has 0 saturated carbocycles. The van der Waals surface area contributed by atoms with Gasteiger partial charge in [-0.2, -0.15) is 5.10 Å². The van der Waals surface area contributed by atoms with E-state index in [1.807, 2.05) is 66.7 Å². The van der Waals surface area contributed by atoms with Crippen LogP contribution in [0.4, 0.5) is 4.79 Å². The first-order valence-corrected chi connectivity index (χ1v) is 9.60. The van der Waals surface area contributed by atoms with Crippen LogP contribution in [0.1, 0.15) is 29.2 Å². The fourth-order valence-electron chi connectivity index (χ4n) is 3.48. The number of hydrogen-bond acceptors (Lipinski definition) is 2. The summed E-state index contributed by atoms with van der Waals surface area (Å²) in [5, 5.41) is 9.30. The van der Waals surface area contributed by atoms with Crippen molar-refractivity contribution >= 4 is 11.7 Å². The topological polar surface area (TPSA) is 44.7 Å². The second-order valence-electron chi connectivity index (χ2n) is 6.86. The van der Waals surface area contributed by atoms with Gasteiger partial charge in [0.1, 0.15) is 0 Å². The lowest BCUT2D eigenvalue weighted by atomic mass is 9.99. The van der Waals surface area contributed by atoms with Crippen LogP contribution < -0.4 is 5.32 Å². The van der Waals surface area contributed by atoms with Crippen LogP contribution in [0.25, 0.3) is 0 Å². The quantitative estimate of drug-likeness (QED) is 0.690. The Labute approximate surface area is 165 Å². The fourth-order valence-corrected chi connectivity index (χ4v) is 3.48. The van der Waals surface area contributed by atoms with Gasteiger partial charge < -0.3 is 5.32 Å². The molecule has 4 rings (SSSR count). The molecule has 1 heterocycles. The number of urea groups is 1. The van der Waals surface area contributed by atoms with Crippen molar-refractivity contribution in [2.24, 2.45) is 5.10 Å². The van der Waals surface area contributed by atoms with Gasteiger partial charge in [-0.1, -0.05) is 91.0 Å². The number of hydrazone groups is 1. The standard InChI is InChI=1S/C24H23N3O/c28-24(25-17-16-19-10-4-1-5-11-19)27-23(21-14-8-3-9-15-21)18-22(26-27)20-12-6-2-7-13-20/h1-15,23H,16-18H2,(H,25,28)/t23-/m1/s1. The summed E-state index contributed by atoms with van der Waals surface area (Å²) in [6, 6.07) is 30.1. The third-order valence-corrected chi connectivity index (χ3v) is 4.94. The molecule has 4 nitrogen and oxygen atoms in total. The van der Waals surface area contributed by atoms with E-state index < -0.39 is 0 Å². The van der Waals surface area contributed by atoms with Crippen LogP contribution in [0.3, 0.4) is 0 Å². The van der Waals surface area contributed by atoms with Crippen LogP contribution in [0.5, 0.6) is 0 Å². The van der Waals surface area contributed by atoms with E-state index in [1.54, 1.807) is 5.01 Å². The zero-order valence-corrected chi connectivity index (χ0v) is 15.7. The molecule has 0 fully saturated rings. The molecule has 0 aliphatic carbocycles. The molecule has 0 aromatic heterocycles. The second-order valence-corrected chi connectivity index (χ2v) is 6.86. The zero-order chi connectivity index (χ0) is 19.2. The SMILES string of the molecule is O=C(NCCc1ccccc1)N1N=C(c2ccccc2)C[C@@H]1c1ccccc1. The summed E-state index contributed by atoms with van der Waals surface area (Å²) < 4.78 is 0. The van der Waals surface area contributed by atoms with Crippen molar-refractivity contribution in [2.75, 3.05) is 6.54 Å². The fraction of sp³-hybridized carbons (Fsp3) is 0.167. The Morgan fingerprint density at radius 3 is 2.18 bits per heavy atom. The summed E-state index contributed by atoms with van der Waals surface area (Å²) in [5.74, 6) is 0. The Kier molecular flexibility index (Phi) is 5.48. The molecule has 28 heavy (non-hydrogen) atoms. The predicted octanol–water partition coefficient (Wildman–Crippen LogP) is 4.79. The van der Waals surface area contributed by atoms with Gasteiger partial charge in [-0.3, -0.25) is 0 Å². The van der Waals surface area contributed by atoms with E-state index >= 15 is 0 Å². The third-order valence-electron chi connectivity index (χ3n) is 4.94. The van der Waals surface area contributed by atoms with Crippen LogP contribution in [-0.4, -0.2) is 23.3 Å². The van der Waals surface area contributed by atoms with Crippen molar-refractivity contribution in [2.45, 2.75) is 18.9 Å². The van der Waals surface area contributed by atoms with Crippen molar-refractivity contribution in [3.8, 4) is 0 Å². The summed E-state index contributed by atoms with van der Waals surface area (Å²) in [6.45, 7) is 0.580. The van der Waals surface area contributed by atoms with E-state index in [9.17, 15) is 4.79 Å². The highest BCUT2D eigenvalue weighted by Gasteiger charge is 2.32. The van der Waals surface area contributed by atoms with Gasteiger partial charge in [0, 0.05) is 13.0 Å². The van der Waals surface area contributed by atoms with E-state index in [0.717, 1.165) is 23.3 Å². The normalized spacial score (nSPS) is 15.9. The van der Waals surface area contributed by atoms with Crippen LogP contribution in [-0.2, 0) is 6.42 Å². The molecule has 2 amide bonds. The maximum atomic E-state index is 12.9. The lowest BCUT2D eigenvalue weighted by Crippen LogP contribution is -2.38. The lowest BCUT2D eigenvalue weighted by molar-refractivity contribution is 0.186. The molecule has 3 aromatic rings. The molecular weight excluding hydrogens is 346 g/mol. The average molecular weight is 369 g/mol. The first-order valence-electron chi connectivity index (χ1n) is 9.60. The van der Waals surface area contributed by atoms with Gasteiger partial charge in [0.15, 0.2) is 0 Å². The number of carbonyl (C=O) groups excluding carboxylic acids is 1. The number of nitrogens with zero attached hydrogens (tertiary/aromatic N) is 2. The first-order chi connectivity index (χ1) is 13.8. The van der Waals surface area contributed by atoms with E-state index in [-0.39, 0.29) is 12.1 Å². The summed E-state index contributed by atoms with van der Waals surface area (Å²) in [5.41, 5.74) is 4.29. The number of amides is 2. The smallest absolute Gasteiger partial charge is 0.336 e. The third kappa shape index (κ3) is 4.12. The van der Waals surface area contributed by atoms with Crippen molar-refractivity contribution in [3.63, 3.8) is 0 Å². The Hall–Kier alpha value is -3.40. The minimum atomic E-state index is -0.157. The molecule has 1 aliphatic heterocycles. The van der Waals surface area contributed by atoms with E-state index in [1.165, 1.54) is 5.56 Å². The average Bonchev–Trinajstić information content (AvgIpc) is 3.21. The van der Waals surface area contributed by atoms with Gasteiger partial charge >= 0.3 is 6.03 Å². The Balaban J connectivity index is 1.50. The van der Waals surface area contributed by atoms with E-state index in [4.69, 9.17) is 0 Å². The summed E-state index contributed by atoms with van der Waals surface area (Å²) in [7, 11) is 0. The van der Waals surface area contributed by atoms with Gasteiger partial charge in [-0.05, 0) is 23.1 Å². The molecule has 1 atom stereocenters. The van der Waals surface area contributed by atoms with E-state index in [0.29, 0.717) is 13.0 Å². The van der Waals surface area contributed by atoms with Crippen molar-refractivity contribution in [1.82, 2.24) is 10.3 Å². The number of carbonyl (C=O) groups is 1. The summed E-state index contributed by atoms with van der Waals surface area (Å²) in [4.78, 5) is 12.9. The largest absolute Gasteiger partial charge is 0.338 e. The highest BCUT2D eigenvalue weighted by atomic mass is 16.2. The van der Waals surface area contributed by atoms with Gasteiger partial charge in [-0.25, -0.2) is 9.80 Å². The number of nitrogens with one attached hydrogen (secondary N) is 1. The molecule has 0 spiro atoms. The highest BCUT2D eigenvalue weighted by molar-refractivity contribution is 6.03. The molecule has 0 radical (unpaired) electrons. The zero-order valence-electron chi connectivity index (χ0n) is 15.7. The van der Waals surface area contributed by atoms with Crippen molar-refractivity contribution in [3.05, 3.63) is 108 Å². The Bertz CT molecular complexity index is 939. The van der Waals surface area contributed by atoms with Gasteiger partial charge in [-0.15, -0.1) is 0 Å². The maximum absolute atomic E-state index is 12.9. The lowest BCUT2D eigenvalue weighted by Gasteiger charge is -2.22. The Morgan fingerprint density at radius 1 is 0.893 bits per heavy atom. The minimum absolute atomic E-state index is 0.0897. The molecule has 0 saturated heterocycles. The van der Waals surface area contributed by atoms with Crippen molar-refractivity contribution < 1.29 is 4.79 Å². The van der Waals surface area contributed by atoms with E-state index in [2.05, 4.69) is 34.7 Å². The molecule has 1 aliphatic rings. The second kappa shape index (κ2) is 8.53. The van der Waals surface area contributed by atoms with Crippen LogP contribution >= 0.6 is 0 Å². The van der Waals surface area contributed by atoms with Crippen LogP contribution in [0.15, 0.2) is 96.1 Å². The molecule has 140 valence electrons. The Morgan fingerprint density at radius 2 is 1.50 bits per heavy atom. The van der Waals surface area contributed by atoms with Crippen LogP contribution in [0.2, 0.25) is 0 Å². The summed E-state index contributed by atoms with van der Waals surface area (Å²) in [6.07, 6.45) is 1.51. The molecule has 0 bridgehead atoms. The van der Waals surface area contributed by atoms with Crippen LogP contribution in [0, 0.1) is 0 Å². The molecular formula is C24H23N3O. The first kappa shape index (κ1) is 18.0. The number of benzene rings is 3. The predicted molar refractivity (Wildman–Crippen MR) is 112 cm³/mol. The summed E-state index contributed by atoms with van der Waals surface area (Å²) >= 11 is 0. The molecule has 3 aromatic carbocycles.